The molecule has 0 aromatic carbocycles. The lowest BCUT2D eigenvalue weighted by atomic mass is 9.84. The molecule has 2 rings (SSSR count). The quantitative estimate of drug-likeness (QED) is 0.818. The molecule has 2 aliphatic rings. The molecule has 0 radical (unpaired) electrons. The van der Waals surface area contributed by atoms with Crippen LogP contribution in [0.2, 0.25) is 0 Å². The van der Waals surface area contributed by atoms with Gasteiger partial charge in [0.05, 0.1) is 0 Å². The monoisotopic (exact) mass is 238 g/mol. The van der Waals surface area contributed by atoms with Gasteiger partial charge in [0.25, 0.3) is 0 Å². The number of likely N-dealkylation sites (tertiary alicyclic amines) is 1. The summed E-state index contributed by atoms with van der Waals surface area (Å²) in [4.78, 5) is 2.66. The molecule has 1 aliphatic heterocycles. The Balaban J connectivity index is 1.80. The molecular weight excluding hydrogens is 208 g/mol. The van der Waals surface area contributed by atoms with Crippen LogP contribution in [0, 0.1) is 5.92 Å². The fourth-order valence-electron chi connectivity index (χ4n) is 3.59. The minimum absolute atomic E-state index is 0.427. The smallest absolute Gasteiger partial charge is 0.0196 e. The number of rotatable bonds is 3. The molecule has 1 saturated carbocycles. The molecule has 2 N–H and O–H groups in total. The normalized spacial score (nSPS) is 31.1. The summed E-state index contributed by atoms with van der Waals surface area (Å²) in [6.45, 7) is 4.81. The van der Waals surface area contributed by atoms with Crippen molar-refractivity contribution in [3.63, 3.8) is 0 Å². The lowest BCUT2D eigenvalue weighted by Crippen LogP contribution is -2.46. The van der Waals surface area contributed by atoms with Crippen LogP contribution in [0.4, 0.5) is 0 Å². The van der Waals surface area contributed by atoms with Crippen molar-refractivity contribution >= 4 is 0 Å². The van der Waals surface area contributed by atoms with Gasteiger partial charge in [-0.2, -0.15) is 0 Å². The molecule has 0 aromatic heterocycles. The predicted molar refractivity (Wildman–Crippen MR) is 74.1 cm³/mol. The molecular formula is C15H30N2. The van der Waals surface area contributed by atoms with E-state index >= 15 is 0 Å². The van der Waals surface area contributed by atoms with E-state index in [-0.39, 0.29) is 0 Å². The minimum Gasteiger partial charge on any atom is -0.326 e. The fourth-order valence-corrected chi connectivity index (χ4v) is 3.59. The number of nitrogens with zero attached hydrogens (tertiary/aromatic N) is 1. The Morgan fingerprint density at radius 3 is 2.41 bits per heavy atom. The van der Waals surface area contributed by atoms with Gasteiger partial charge in [-0.05, 0) is 45.1 Å². The zero-order valence-electron chi connectivity index (χ0n) is 11.5. The molecule has 2 fully saturated rings. The van der Waals surface area contributed by atoms with Crippen molar-refractivity contribution in [2.75, 3.05) is 13.1 Å². The molecule has 2 heteroatoms. The van der Waals surface area contributed by atoms with Gasteiger partial charge in [-0.25, -0.2) is 0 Å². The van der Waals surface area contributed by atoms with Crippen LogP contribution < -0.4 is 5.73 Å². The molecule has 100 valence electrons. The third-order valence-corrected chi connectivity index (χ3v) is 4.89. The number of hydrogen-bond donors (Lipinski definition) is 1. The molecule has 1 heterocycles. The van der Waals surface area contributed by atoms with Crippen molar-refractivity contribution < 1.29 is 0 Å². The minimum atomic E-state index is 0.427. The van der Waals surface area contributed by atoms with Gasteiger partial charge in [0, 0.05) is 18.6 Å². The Labute approximate surface area is 107 Å². The highest BCUT2D eigenvalue weighted by molar-refractivity contribution is 4.82. The van der Waals surface area contributed by atoms with E-state index in [1.165, 1.54) is 64.3 Å². The Morgan fingerprint density at radius 2 is 1.65 bits per heavy atom. The van der Waals surface area contributed by atoms with Crippen LogP contribution in [-0.4, -0.2) is 30.1 Å². The topological polar surface area (TPSA) is 29.3 Å². The molecule has 1 saturated heterocycles. The third-order valence-electron chi connectivity index (χ3n) is 4.89. The van der Waals surface area contributed by atoms with Gasteiger partial charge in [0.15, 0.2) is 0 Å². The first kappa shape index (κ1) is 13.4. The maximum Gasteiger partial charge on any atom is 0.0196 e. The number of nitrogens with two attached hydrogens (primary N) is 1. The Morgan fingerprint density at radius 1 is 1.00 bits per heavy atom. The van der Waals surface area contributed by atoms with E-state index in [0.29, 0.717) is 6.04 Å². The average Bonchev–Trinajstić information content (AvgIpc) is 2.56. The van der Waals surface area contributed by atoms with E-state index in [1.54, 1.807) is 0 Å². The second kappa shape index (κ2) is 6.75. The van der Waals surface area contributed by atoms with Gasteiger partial charge >= 0.3 is 0 Å². The summed E-state index contributed by atoms with van der Waals surface area (Å²) in [5.41, 5.74) is 6.45. The predicted octanol–water partition coefficient (Wildman–Crippen LogP) is 3.16. The lowest BCUT2D eigenvalue weighted by molar-refractivity contribution is 0.169. The zero-order chi connectivity index (χ0) is 12.1. The highest BCUT2D eigenvalue weighted by Crippen LogP contribution is 2.27. The third kappa shape index (κ3) is 3.96. The highest BCUT2D eigenvalue weighted by Gasteiger charge is 2.25. The van der Waals surface area contributed by atoms with Crippen LogP contribution in [0.3, 0.4) is 0 Å². The van der Waals surface area contributed by atoms with E-state index in [4.69, 9.17) is 5.73 Å². The van der Waals surface area contributed by atoms with Crippen LogP contribution >= 0.6 is 0 Å². The van der Waals surface area contributed by atoms with Gasteiger partial charge in [0.2, 0.25) is 0 Å². The van der Waals surface area contributed by atoms with Crippen LogP contribution in [0.25, 0.3) is 0 Å². The molecule has 1 aliphatic carbocycles. The van der Waals surface area contributed by atoms with Gasteiger partial charge in [-0.1, -0.05) is 32.1 Å². The molecule has 2 nitrogen and oxygen atoms in total. The van der Waals surface area contributed by atoms with Crippen molar-refractivity contribution in [3.05, 3.63) is 0 Å². The second-order valence-electron chi connectivity index (χ2n) is 6.26. The first-order valence-electron chi connectivity index (χ1n) is 7.77. The van der Waals surface area contributed by atoms with E-state index < -0.39 is 0 Å². The molecule has 2 atom stereocenters. The SMILES string of the molecule is CC1CCCCCN1CC(N)C1CCCCC1. The van der Waals surface area contributed by atoms with Crippen molar-refractivity contribution in [2.24, 2.45) is 11.7 Å². The van der Waals surface area contributed by atoms with Gasteiger partial charge in [-0.3, -0.25) is 4.90 Å². The molecule has 0 spiro atoms. The summed E-state index contributed by atoms with van der Waals surface area (Å²) in [7, 11) is 0. The zero-order valence-corrected chi connectivity index (χ0v) is 11.5. The highest BCUT2D eigenvalue weighted by atomic mass is 15.2. The van der Waals surface area contributed by atoms with Crippen molar-refractivity contribution in [2.45, 2.75) is 76.8 Å². The molecule has 0 amide bonds. The van der Waals surface area contributed by atoms with Gasteiger partial charge in [0.1, 0.15) is 0 Å². The summed E-state index contributed by atoms with van der Waals surface area (Å²) in [6.07, 6.45) is 12.6. The van der Waals surface area contributed by atoms with Crippen molar-refractivity contribution in [3.8, 4) is 0 Å². The largest absolute Gasteiger partial charge is 0.326 e. The average molecular weight is 238 g/mol. The second-order valence-corrected chi connectivity index (χ2v) is 6.26. The van der Waals surface area contributed by atoms with E-state index in [2.05, 4.69) is 11.8 Å². The van der Waals surface area contributed by atoms with Crippen LogP contribution in [0.1, 0.15) is 64.7 Å². The van der Waals surface area contributed by atoms with E-state index in [9.17, 15) is 0 Å². The van der Waals surface area contributed by atoms with Crippen molar-refractivity contribution in [1.82, 2.24) is 4.90 Å². The van der Waals surface area contributed by atoms with E-state index in [0.717, 1.165) is 18.5 Å². The Bertz CT molecular complexity index is 211. The van der Waals surface area contributed by atoms with Crippen molar-refractivity contribution in [1.29, 1.82) is 0 Å². The maximum atomic E-state index is 6.45. The first-order valence-corrected chi connectivity index (χ1v) is 7.77. The van der Waals surface area contributed by atoms with Gasteiger partial charge in [-0.15, -0.1) is 0 Å². The van der Waals surface area contributed by atoms with E-state index in [1.807, 2.05) is 0 Å². The summed E-state index contributed by atoms with van der Waals surface area (Å²) >= 11 is 0. The van der Waals surface area contributed by atoms with Crippen LogP contribution in [0.5, 0.6) is 0 Å². The Hall–Kier alpha value is -0.0800. The molecule has 2 unspecified atom stereocenters. The maximum absolute atomic E-state index is 6.45. The molecule has 17 heavy (non-hydrogen) atoms. The fraction of sp³-hybridized carbons (Fsp3) is 1.00. The number of hydrogen-bond acceptors (Lipinski definition) is 2. The van der Waals surface area contributed by atoms with Crippen LogP contribution in [-0.2, 0) is 0 Å². The molecule has 0 bridgehead atoms. The summed E-state index contributed by atoms with van der Waals surface area (Å²) in [5.74, 6) is 0.805. The Kier molecular flexibility index (Phi) is 5.30. The van der Waals surface area contributed by atoms with Gasteiger partial charge < -0.3 is 5.73 Å². The van der Waals surface area contributed by atoms with Crippen LogP contribution in [0.15, 0.2) is 0 Å². The summed E-state index contributed by atoms with van der Waals surface area (Å²) in [6, 6.07) is 1.18. The first-order chi connectivity index (χ1) is 8.27. The lowest BCUT2D eigenvalue weighted by Gasteiger charge is -2.34. The summed E-state index contributed by atoms with van der Waals surface area (Å²) < 4.78 is 0. The summed E-state index contributed by atoms with van der Waals surface area (Å²) in [5, 5.41) is 0. The molecule has 0 aromatic rings. The standard InChI is InChI=1S/C15H30N2/c1-13-8-4-3-7-11-17(13)12-15(16)14-9-5-2-6-10-14/h13-15H,2-12,16H2,1H3.